The predicted octanol–water partition coefficient (Wildman–Crippen LogP) is 6.16. The Morgan fingerprint density at radius 3 is 2.56 bits per heavy atom. The first-order valence-electron chi connectivity index (χ1n) is 11.7. The lowest BCUT2D eigenvalue weighted by Gasteiger charge is -2.35. The molecule has 0 aromatic carbocycles. The lowest BCUT2D eigenvalue weighted by atomic mass is 9.84. The highest BCUT2D eigenvalue weighted by Gasteiger charge is 2.28. The fourth-order valence-corrected chi connectivity index (χ4v) is 5.38. The Labute approximate surface area is 200 Å². The Balaban J connectivity index is 1.48. The summed E-state index contributed by atoms with van der Waals surface area (Å²) in [5.74, 6) is 1.10. The number of pyridine rings is 2. The van der Waals surface area contributed by atoms with Crippen LogP contribution < -0.4 is 5.32 Å². The van der Waals surface area contributed by atoms with Gasteiger partial charge in [0.05, 0.1) is 28.6 Å². The first kappa shape index (κ1) is 23.7. The number of aliphatic hydroxyl groups is 1. The number of hydrogen-bond acceptors (Lipinski definition) is 5. The molecule has 4 rings (SSSR count). The molecule has 1 aliphatic carbocycles. The average molecular weight is 478 g/mol. The first-order valence-corrected chi connectivity index (χ1v) is 12.4. The van der Waals surface area contributed by atoms with E-state index in [1.807, 2.05) is 12.1 Å². The Bertz CT molecular complexity index is 929. The molecule has 5 nitrogen and oxygen atoms in total. The minimum absolute atomic E-state index is 0.0641. The Kier molecular flexibility index (Phi) is 7.61. The van der Waals surface area contributed by atoms with Gasteiger partial charge in [0.15, 0.2) is 0 Å². The molecule has 2 aromatic heterocycles. The van der Waals surface area contributed by atoms with E-state index >= 15 is 0 Å². The quantitative estimate of drug-likeness (QED) is 0.487. The molecular formula is C25H33Cl2N3O2. The Morgan fingerprint density at radius 2 is 1.81 bits per heavy atom. The molecule has 174 valence electrons. The van der Waals surface area contributed by atoms with Gasteiger partial charge in [-0.05, 0) is 82.8 Å². The summed E-state index contributed by atoms with van der Waals surface area (Å²) in [6.45, 7) is 5.98. The van der Waals surface area contributed by atoms with Gasteiger partial charge < -0.3 is 15.2 Å². The summed E-state index contributed by atoms with van der Waals surface area (Å²) >= 11 is 13.0. The van der Waals surface area contributed by atoms with Gasteiger partial charge in [-0.3, -0.25) is 4.98 Å². The van der Waals surface area contributed by atoms with Crippen LogP contribution in [0.3, 0.4) is 0 Å². The van der Waals surface area contributed by atoms with Gasteiger partial charge in [0.25, 0.3) is 0 Å². The third-order valence-electron chi connectivity index (χ3n) is 6.75. The van der Waals surface area contributed by atoms with Gasteiger partial charge in [-0.1, -0.05) is 23.2 Å². The molecule has 2 N–H and O–H groups in total. The summed E-state index contributed by atoms with van der Waals surface area (Å²) in [6.07, 6.45) is 10.1. The second-order valence-electron chi connectivity index (χ2n) is 9.94. The number of aliphatic hydroxyl groups excluding tert-OH is 1. The zero-order valence-electron chi connectivity index (χ0n) is 18.9. The van der Waals surface area contributed by atoms with E-state index in [2.05, 4.69) is 29.1 Å². The van der Waals surface area contributed by atoms with E-state index in [1.165, 1.54) is 0 Å². The van der Waals surface area contributed by atoms with Crippen LogP contribution in [-0.4, -0.2) is 39.9 Å². The van der Waals surface area contributed by atoms with E-state index in [1.54, 1.807) is 12.4 Å². The van der Waals surface area contributed by atoms with E-state index in [-0.39, 0.29) is 11.7 Å². The van der Waals surface area contributed by atoms with Crippen molar-refractivity contribution in [2.45, 2.75) is 70.5 Å². The molecule has 2 fully saturated rings. The largest absolute Gasteiger partial charge is 0.393 e. The van der Waals surface area contributed by atoms with Crippen LogP contribution in [-0.2, 0) is 11.2 Å². The third-order valence-corrected chi connectivity index (χ3v) is 7.35. The number of nitrogens with one attached hydrogen (secondary N) is 1. The highest BCUT2D eigenvalue weighted by Crippen LogP contribution is 2.36. The SMILES string of the molecule is CC1(C)CC(CNc2cnc(Cl)c(-c3cc(CC4CCC(O)CC4)ncc3Cl)c2)CCO1. The van der Waals surface area contributed by atoms with Crippen LogP contribution in [0.25, 0.3) is 11.1 Å². The molecule has 7 heteroatoms. The maximum Gasteiger partial charge on any atom is 0.137 e. The monoisotopic (exact) mass is 477 g/mol. The second-order valence-corrected chi connectivity index (χ2v) is 10.7. The summed E-state index contributed by atoms with van der Waals surface area (Å²) < 4.78 is 5.83. The molecule has 1 atom stereocenters. The van der Waals surface area contributed by atoms with Crippen molar-refractivity contribution in [1.82, 2.24) is 9.97 Å². The molecule has 3 heterocycles. The number of rotatable bonds is 6. The molecule has 0 radical (unpaired) electrons. The lowest BCUT2D eigenvalue weighted by Crippen LogP contribution is -2.36. The number of nitrogens with zero attached hydrogens (tertiary/aromatic N) is 2. The smallest absolute Gasteiger partial charge is 0.137 e. The molecular weight excluding hydrogens is 445 g/mol. The molecule has 1 saturated carbocycles. The number of ether oxygens (including phenoxy) is 1. The molecule has 32 heavy (non-hydrogen) atoms. The topological polar surface area (TPSA) is 67.3 Å². The zero-order chi connectivity index (χ0) is 22.7. The third kappa shape index (κ3) is 6.13. The zero-order valence-corrected chi connectivity index (χ0v) is 20.4. The van der Waals surface area contributed by atoms with Gasteiger partial charge in [-0.15, -0.1) is 0 Å². The number of anilines is 1. The van der Waals surface area contributed by atoms with Crippen LogP contribution in [0.5, 0.6) is 0 Å². The molecule has 2 aliphatic rings. The van der Waals surface area contributed by atoms with Crippen LogP contribution in [0.15, 0.2) is 24.5 Å². The van der Waals surface area contributed by atoms with Gasteiger partial charge in [0.2, 0.25) is 0 Å². The van der Waals surface area contributed by atoms with E-state index in [4.69, 9.17) is 27.9 Å². The minimum atomic E-state index is -0.146. The van der Waals surface area contributed by atoms with Gasteiger partial charge in [0, 0.05) is 36.2 Å². The molecule has 1 unspecified atom stereocenters. The summed E-state index contributed by atoms with van der Waals surface area (Å²) in [5, 5.41) is 14.3. The molecule has 1 aliphatic heterocycles. The molecule has 2 aromatic rings. The van der Waals surface area contributed by atoms with Crippen molar-refractivity contribution in [3.8, 4) is 11.1 Å². The van der Waals surface area contributed by atoms with Crippen molar-refractivity contribution in [3.63, 3.8) is 0 Å². The van der Waals surface area contributed by atoms with Crippen LogP contribution in [0.4, 0.5) is 5.69 Å². The van der Waals surface area contributed by atoms with Gasteiger partial charge in [-0.25, -0.2) is 4.98 Å². The van der Waals surface area contributed by atoms with E-state index < -0.39 is 0 Å². The summed E-state index contributed by atoms with van der Waals surface area (Å²) in [7, 11) is 0. The summed E-state index contributed by atoms with van der Waals surface area (Å²) in [4.78, 5) is 8.97. The predicted molar refractivity (Wildman–Crippen MR) is 130 cm³/mol. The minimum Gasteiger partial charge on any atom is -0.393 e. The van der Waals surface area contributed by atoms with E-state index in [0.29, 0.717) is 22.0 Å². The van der Waals surface area contributed by atoms with Crippen molar-refractivity contribution in [2.24, 2.45) is 11.8 Å². The standard InChI is InChI=1S/C25H33Cl2N3O2/c1-25(2)12-17(7-8-32-25)13-28-19-11-22(24(27)30-14-19)21-10-18(29-15-23(21)26)9-16-3-5-20(31)6-4-16/h10-11,14-17,20,28,31H,3-9,12-13H2,1-2H3. The van der Waals surface area contributed by atoms with Gasteiger partial charge >= 0.3 is 0 Å². The Hall–Kier alpha value is -1.40. The van der Waals surface area contributed by atoms with Crippen molar-refractivity contribution < 1.29 is 9.84 Å². The van der Waals surface area contributed by atoms with E-state index in [0.717, 1.165) is 80.6 Å². The Morgan fingerprint density at radius 1 is 1.03 bits per heavy atom. The van der Waals surface area contributed by atoms with Crippen LogP contribution in [0.2, 0.25) is 10.2 Å². The highest BCUT2D eigenvalue weighted by molar-refractivity contribution is 6.35. The van der Waals surface area contributed by atoms with E-state index in [9.17, 15) is 5.11 Å². The van der Waals surface area contributed by atoms with Crippen molar-refractivity contribution in [2.75, 3.05) is 18.5 Å². The number of hydrogen-bond donors (Lipinski definition) is 2. The molecule has 1 saturated heterocycles. The normalized spacial score (nSPS) is 25.5. The molecule has 0 spiro atoms. The molecule has 0 amide bonds. The van der Waals surface area contributed by atoms with Crippen LogP contribution in [0, 0.1) is 11.8 Å². The number of aromatic nitrogens is 2. The summed E-state index contributed by atoms with van der Waals surface area (Å²) in [6, 6.07) is 4.07. The second kappa shape index (κ2) is 10.3. The van der Waals surface area contributed by atoms with Gasteiger partial charge in [0.1, 0.15) is 5.15 Å². The highest BCUT2D eigenvalue weighted by atomic mass is 35.5. The van der Waals surface area contributed by atoms with Crippen LogP contribution >= 0.6 is 23.2 Å². The fraction of sp³-hybridized carbons (Fsp3) is 0.600. The van der Waals surface area contributed by atoms with Crippen molar-refractivity contribution in [3.05, 3.63) is 40.4 Å². The first-order chi connectivity index (χ1) is 15.3. The van der Waals surface area contributed by atoms with Crippen LogP contribution in [0.1, 0.15) is 58.1 Å². The molecule has 0 bridgehead atoms. The lowest BCUT2D eigenvalue weighted by molar-refractivity contribution is -0.0699. The van der Waals surface area contributed by atoms with Crippen molar-refractivity contribution >= 4 is 28.9 Å². The number of halogens is 2. The fourth-order valence-electron chi connectivity index (χ4n) is 4.97. The van der Waals surface area contributed by atoms with Gasteiger partial charge in [-0.2, -0.15) is 0 Å². The summed E-state index contributed by atoms with van der Waals surface area (Å²) in [5.41, 5.74) is 3.55. The maximum atomic E-state index is 9.76. The van der Waals surface area contributed by atoms with Crippen molar-refractivity contribution in [1.29, 1.82) is 0 Å². The average Bonchev–Trinajstić information content (AvgIpc) is 2.75. The maximum absolute atomic E-state index is 9.76.